The molecule has 5 nitrogen and oxygen atoms in total. The summed E-state index contributed by atoms with van der Waals surface area (Å²) in [6, 6.07) is 3.49. The standard InChI is InChI=1S/C10H18N4O/c1-10(2,6-15)14(3)8-5-4-7(11)9(12)13-8/h4-5,15H,6,11H2,1-3H3,(H2,12,13). The largest absolute Gasteiger partial charge is 0.396 e. The van der Waals surface area contributed by atoms with Gasteiger partial charge in [0.2, 0.25) is 0 Å². The van der Waals surface area contributed by atoms with Gasteiger partial charge < -0.3 is 21.5 Å². The molecule has 1 rings (SSSR count). The molecule has 15 heavy (non-hydrogen) atoms. The van der Waals surface area contributed by atoms with Gasteiger partial charge in [0.1, 0.15) is 11.6 Å². The van der Waals surface area contributed by atoms with Crippen molar-refractivity contribution in [1.82, 2.24) is 4.98 Å². The fraction of sp³-hybridized carbons (Fsp3) is 0.500. The number of aromatic nitrogens is 1. The summed E-state index contributed by atoms with van der Waals surface area (Å²) >= 11 is 0. The summed E-state index contributed by atoms with van der Waals surface area (Å²) in [6.07, 6.45) is 0. The van der Waals surface area contributed by atoms with E-state index in [4.69, 9.17) is 11.5 Å². The summed E-state index contributed by atoms with van der Waals surface area (Å²) in [4.78, 5) is 6.02. The highest BCUT2D eigenvalue weighted by Crippen LogP contribution is 2.23. The van der Waals surface area contributed by atoms with E-state index >= 15 is 0 Å². The third-order valence-electron chi connectivity index (χ3n) is 2.58. The summed E-state index contributed by atoms with van der Waals surface area (Å²) in [7, 11) is 1.86. The molecule has 5 heteroatoms. The second-order valence-corrected chi connectivity index (χ2v) is 4.17. The van der Waals surface area contributed by atoms with E-state index in [9.17, 15) is 5.11 Å². The Morgan fingerprint density at radius 1 is 1.40 bits per heavy atom. The van der Waals surface area contributed by atoms with Crippen molar-refractivity contribution in [3.05, 3.63) is 12.1 Å². The molecule has 0 spiro atoms. The van der Waals surface area contributed by atoms with E-state index in [0.717, 1.165) is 0 Å². The molecule has 0 aromatic carbocycles. The number of likely N-dealkylation sites (N-methyl/N-ethyl adjacent to an activating group) is 1. The van der Waals surface area contributed by atoms with E-state index in [1.165, 1.54) is 0 Å². The number of aliphatic hydroxyl groups is 1. The lowest BCUT2D eigenvalue weighted by atomic mass is 10.1. The molecule has 0 aliphatic carbocycles. The summed E-state index contributed by atoms with van der Waals surface area (Å²) in [5.74, 6) is 1.01. The molecule has 1 heterocycles. The number of nitrogen functional groups attached to an aromatic ring is 2. The lowest BCUT2D eigenvalue weighted by Crippen LogP contribution is -2.44. The molecule has 0 saturated heterocycles. The van der Waals surface area contributed by atoms with E-state index in [1.54, 1.807) is 12.1 Å². The molecule has 0 unspecified atom stereocenters. The fourth-order valence-electron chi connectivity index (χ4n) is 1.08. The summed E-state index contributed by atoms with van der Waals surface area (Å²) < 4.78 is 0. The van der Waals surface area contributed by atoms with Crippen molar-refractivity contribution >= 4 is 17.3 Å². The first-order valence-electron chi connectivity index (χ1n) is 4.75. The number of rotatable bonds is 3. The van der Waals surface area contributed by atoms with E-state index in [2.05, 4.69) is 4.98 Å². The van der Waals surface area contributed by atoms with Crippen molar-refractivity contribution in [2.24, 2.45) is 0 Å². The predicted molar refractivity (Wildman–Crippen MR) is 62.6 cm³/mol. The molecule has 5 N–H and O–H groups in total. The molecule has 0 atom stereocenters. The lowest BCUT2D eigenvalue weighted by molar-refractivity contribution is 0.215. The molecule has 0 fully saturated rings. The summed E-state index contributed by atoms with van der Waals surface area (Å²) in [6.45, 7) is 3.87. The van der Waals surface area contributed by atoms with Crippen LogP contribution in [0.25, 0.3) is 0 Å². The maximum Gasteiger partial charge on any atom is 0.149 e. The van der Waals surface area contributed by atoms with Crippen molar-refractivity contribution in [2.45, 2.75) is 19.4 Å². The van der Waals surface area contributed by atoms with Gasteiger partial charge in [-0.2, -0.15) is 0 Å². The Hall–Kier alpha value is -1.49. The van der Waals surface area contributed by atoms with Gasteiger partial charge in [0.15, 0.2) is 0 Å². The zero-order valence-electron chi connectivity index (χ0n) is 9.36. The maximum atomic E-state index is 9.22. The van der Waals surface area contributed by atoms with Crippen LogP contribution in [0.1, 0.15) is 13.8 Å². The van der Waals surface area contributed by atoms with Gasteiger partial charge in [-0.25, -0.2) is 4.98 Å². The fourth-order valence-corrected chi connectivity index (χ4v) is 1.08. The molecule has 1 aromatic rings. The highest BCUT2D eigenvalue weighted by Gasteiger charge is 2.23. The van der Waals surface area contributed by atoms with Crippen LogP contribution < -0.4 is 16.4 Å². The lowest BCUT2D eigenvalue weighted by Gasteiger charge is -2.35. The Labute approximate surface area is 89.7 Å². The molecule has 0 radical (unpaired) electrons. The number of nitrogens with two attached hydrogens (primary N) is 2. The van der Waals surface area contributed by atoms with Crippen LogP contribution in [0.15, 0.2) is 12.1 Å². The molecular formula is C10H18N4O. The minimum atomic E-state index is -0.379. The topological polar surface area (TPSA) is 88.4 Å². The van der Waals surface area contributed by atoms with Crippen molar-refractivity contribution in [3.63, 3.8) is 0 Å². The van der Waals surface area contributed by atoms with Gasteiger partial charge in [-0.15, -0.1) is 0 Å². The minimum Gasteiger partial charge on any atom is -0.396 e. The molecule has 1 aromatic heterocycles. The van der Waals surface area contributed by atoms with Crippen LogP contribution in [-0.4, -0.2) is 29.3 Å². The number of aliphatic hydroxyl groups excluding tert-OH is 1. The van der Waals surface area contributed by atoms with E-state index in [0.29, 0.717) is 17.3 Å². The van der Waals surface area contributed by atoms with Gasteiger partial charge in [0, 0.05) is 7.05 Å². The maximum absolute atomic E-state index is 9.22. The first kappa shape index (κ1) is 11.6. The molecule has 84 valence electrons. The van der Waals surface area contributed by atoms with Crippen LogP contribution in [0.2, 0.25) is 0 Å². The zero-order chi connectivity index (χ0) is 11.6. The van der Waals surface area contributed by atoms with E-state index in [1.807, 2.05) is 25.8 Å². The number of hydrogen-bond donors (Lipinski definition) is 3. The van der Waals surface area contributed by atoms with Gasteiger partial charge in [-0.3, -0.25) is 0 Å². The summed E-state index contributed by atoms with van der Waals surface area (Å²) in [5, 5.41) is 9.22. The number of hydrogen-bond acceptors (Lipinski definition) is 5. The Kier molecular flexibility index (Phi) is 3.04. The van der Waals surface area contributed by atoms with Crippen molar-refractivity contribution in [1.29, 1.82) is 0 Å². The minimum absolute atomic E-state index is 0.0372. The van der Waals surface area contributed by atoms with Crippen LogP contribution >= 0.6 is 0 Å². The Bertz CT molecular complexity index is 351. The van der Waals surface area contributed by atoms with Gasteiger partial charge >= 0.3 is 0 Å². The van der Waals surface area contributed by atoms with E-state index in [-0.39, 0.29) is 12.1 Å². The summed E-state index contributed by atoms with van der Waals surface area (Å²) in [5.41, 5.74) is 11.3. The second-order valence-electron chi connectivity index (χ2n) is 4.17. The van der Waals surface area contributed by atoms with Crippen LogP contribution in [0, 0.1) is 0 Å². The van der Waals surface area contributed by atoms with Gasteiger partial charge in [0.05, 0.1) is 17.8 Å². The Morgan fingerprint density at radius 3 is 2.47 bits per heavy atom. The smallest absolute Gasteiger partial charge is 0.149 e. The van der Waals surface area contributed by atoms with Crippen molar-refractivity contribution in [3.8, 4) is 0 Å². The number of anilines is 3. The third-order valence-corrected chi connectivity index (χ3v) is 2.58. The quantitative estimate of drug-likeness (QED) is 0.674. The average Bonchev–Trinajstić information content (AvgIpc) is 2.21. The molecule has 0 aliphatic rings. The average molecular weight is 210 g/mol. The predicted octanol–water partition coefficient (Wildman–Crippen LogP) is 0.453. The van der Waals surface area contributed by atoms with Crippen LogP contribution in [-0.2, 0) is 0 Å². The zero-order valence-corrected chi connectivity index (χ0v) is 9.36. The first-order valence-corrected chi connectivity index (χ1v) is 4.75. The van der Waals surface area contributed by atoms with Gasteiger partial charge in [-0.1, -0.05) is 0 Å². The van der Waals surface area contributed by atoms with Crippen molar-refractivity contribution < 1.29 is 5.11 Å². The first-order chi connectivity index (χ1) is 6.88. The Balaban J connectivity index is 3.02. The second kappa shape index (κ2) is 3.94. The molecule has 0 amide bonds. The van der Waals surface area contributed by atoms with Crippen LogP contribution in [0.5, 0.6) is 0 Å². The molecular weight excluding hydrogens is 192 g/mol. The molecule has 0 aliphatic heterocycles. The molecule has 0 bridgehead atoms. The van der Waals surface area contributed by atoms with Crippen LogP contribution in [0.3, 0.4) is 0 Å². The number of pyridine rings is 1. The SMILES string of the molecule is CN(c1ccc(N)c(N)n1)C(C)(C)CO. The highest BCUT2D eigenvalue weighted by atomic mass is 16.3. The van der Waals surface area contributed by atoms with Crippen LogP contribution in [0.4, 0.5) is 17.3 Å². The monoisotopic (exact) mass is 210 g/mol. The Morgan fingerprint density at radius 2 is 2.00 bits per heavy atom. The van der Waals surface area contributed by atoms with Crippen molar-refractivity contribution in [2.75, 3.05) is 30.0 Å². The van der Waals surface area contributed by atoms with Gasteiger partial charge in [-0.05, 0) is 26.0 Å². The number of nitrogens with zero attached hydrogens (tertiary/aromatic N) is 2. The molecule has 0 saturated carbocycles. The van der Waals surface area contributed by atoms with Gasteiger partial charge in [0.25, 0.3) is 0 Å². The normalized spacial score (nSPS) is 11.5. The highest BCUT2D eigenvalue weighted by molar-refractivity contribution is 5.62. The third kappa shape index (κ3) is 2.30. The van der Waals surface area contributed by atoms with E-state index < -0.39 is 0 Å².